The van der Waals surface area contributed by atoms with E-state index in [0.29, 0.717) is 5.92 Å². The highest BCUT2D eigenvalue weighted by Crippen LogP contribution is 2.23. The lowest BCUT2D eigenvalue weighted by Gasteiger charge is -2.19. The van der Waals surface area contributed by atoms with Gasteiger partial charge in [-0.15, -0.1) is 0 Å². The van der Waals surface area contributed by atoms with E-state index in [4.69, 9.17) is 0 Å². The second-order valence-corrected chi connectivity index (χ2v) is 4.45. The van der Waals surface area contributed by atoms with Crippen molar-refractivity contribution in [2.75, 3.05) is 13.1 Å². The quantitative estimate of drug-likeness (QED) is 0.785. The number of hydrogen-bond donors (Lipinski definition) is 1. The summed E-state index contributed by atoms with van der Waals surface area (Å²) in [4.78, 5) is 4.66. The molecule has 0 saturated carbocycles. The Morgan fingerprint density at radius 2 is 2.19 bits per heavy atom. The van der Waals surface area contributed by atoms with E-state index in [1.807, 2.05) is 16.8 Å². The van der Waals surface area contributed by atoms with Gasteiger partial charge in [-0.05, 0) is 44.5 Å². The van der Waals surface area contributed by atoms with Crippen LogP contribution in [0.25, 0.3) is 5.65 Å². The molecule has 2 aromatic rings. The van der Waals surface area contributed by atoms with Gasteiger partial charge in [0.15, 0.2) is 11.5 Å². The van der Waals surface area contributed by atoms with Gasteiger partial charge in [-0.2, -0.15) is 5.10 Å². The molecule has 2 aromatic heterocycles. The molecule has 0 amide bonds. The van der Waals surface area contributed by atoms with Crippen molar-refractivity contribution in [2.24, 2.45) is 0 Å². The van der Waals surface area contributed by atoms with E-state index in [1.54, 1.807) is 0 Å². The van der Waals surface area contributed by atoms with Crippen molar-refractivity contribution in [1.29, 1.82) is 0 Å². The van der Waals surface area contributed by atoms with Crippen LogP contribution in [0.1, 0.15) is 30.1 Å². The fourth-order valence-corrected chi connectivity index (χ4v) is 2.31. The summed E-state index contributed by atoms with van der Waals surface area (Å²) in [6.07, 6.45) is 4.27. The molecule has 3 heterocycles. The van der Waals surface area contributed by atoms with Gasteiger partial charge >= 0.3 is 0 Å². The van der Waals surface area contributed by atoms with Crippen LogP contribution in [0.5, 0.6) is 0 Å². The van der Waals surface area contributed by atoms with Crippen molar-refractivity contribution in [3.8, 4) is 0 Å². The number of hydrogen-bond acceptors (Lipinski definition) is 3. The second-order valence-electron chi connectivity index (χ2n) is 4.45. The highest BCUT2D eigenvalue weighted by molar-refractivity contribution is 5.46. The number of aromatic nitrogens is 3. The number of piperidine rings is 1. The van der Waals surface area contributed by atoms with Crippen molar-refractivity contribution >= 4 is 5.65 Å². The first-order valence-corrected chi connectivity index (χ1v) is 5.87. The maximum absolute atomic E-state index is 4.66. The zero-order valence-corrected chi connectivity index (χ0v) is 9.48. The van der Waals surface area contributed by atoms with Crippen LogP contribution in [-0.4, -0.2) is 27.7 Å². The molecule has 84 valence electrons. The summed E-state index contributed by atoms with van der Waals surface area (Å²) in [5.74, 6) is 1.54. The molecule has 0 aliphatic carbocycles. The molecule has 4 nitrogen and oxygen atoms in total. The predicted octanol–water partition coefficient (Wildman–Crippen LogP) is 1.50. The highest BCUT2D eigenvalue weighted by Gasteiger charge is 2.19. The first-order chi connectivity index (χ1) is 7.84. The lowest BCUT2D eigenvalue weighted by molar-refractivity contribution is 0.445. The second kappa shape index (κ2) is 3.87. The highest BCUT2D eigenvalue weighted by atomic mass is 15.3. The normalized spacial score (nSPS) is 18.1. The van der Waals surface area contributed by atoms with E-state index in [2.05, 4.69) is 28.4 Å². The summed E-state index contributed by atoms with van der Waals surface area (Å²) >= 11 is 0. The fraction of sp³-hybridized carbons (Fsp3) is 0.500. The molecule has 1 aliphatic rings. The summed E-state index contributed by atoms with van der Waals surface area (Å²) in [7, 11) is 0. The van der Waals surface area contributed by atoms with Crippen LogP contribution < -0.4 is 5.32 Å². The van der Waals surface area contributed by atoms with Crippen LogP contribution in [0.2, 0.25) is 0 Å². The fourth-order valence-electron chi connectivity index (χ4n) is 2.31. The number of aryl methyl sites for hydroxylation is 1. The van der Waals surface area contributed by atoms with E-state index in [0.717, 1.165) is 37.4 Å². The number of rotatable bonds is 1. The van der Waals surface area contributed by atoms with E-state index in [9.17, 15) is 0 Å². The van der Waals surface area contributed by atoms with Gasteiger partial charge in [-0.25, -0.2) is 9.50 Å². The maximum atomic E-state index is 4.66. The van der Waals surface area contributed by atoms with Crippen molar-refractivity contribution in [1.82, 2.24) is 19.9 Å². The molecule has 0 spiro atoms. The van der Waals surface area contributed by atoms with Crippen LogP contribution in [0.15, 0.2) is 18.3 Å². The van der Waals surface area contributed by atoms with Gasteiger partial charge in [0.1, 0.15) is 0 Å². The van der Waals surface area contributed by atoms with E-state index >= 15 is 0 Å². The Morgan fingerprint density at radius 1 is 1.38 bits per heavy atom. The van der Waals surface area contributed by atoms with Crippen LogP contribution in [0, 0.1) is 6.92 Å². The number of fused-ring (bicyclic) bond motifs is 1. The van der Waals surface area contributed by atoms with E-state index < -0.39 is 0 Å². The van der Waals surface area contributed by atoms with Crippen molar-refractivity contribution in [3.05, 3.63) is 29.7 Å². The molecular weight excluding hydrogens is 200 g/mol. The first-order valence-electron chi connectivity index (χ1n) is 5.87. The van der Waals surface area contributed by atoms with Gasteiger partial charge in [-0.3, -0.25) is 0 Å². The molecule has 0 bridgehead atoms. The van der Waals surface area contributed by atoms with E-state index in [-0.39, 0.29) is 0 Å². The minimum absolute atomic E-state index is 0.528. The number of pyridine rings is 1. The van der Waals surface area contributed by atoms with Crippen LogP contribution >= 0.6 is 0 Å². The van der Waals surface area contributed by atoms with Crippen molar-refractivity contribution < 1.29 is 0 Å². The third-order valence-corrected chi connectivity index (χ3v) is 3.28. The largest absolute Gasteiger partial charge is 0.317 e. The average Bonchev–Trinajstić information content (AvgIpc) is 2.76. The minimum Gasteiger partial charge on any atom is -0.317 e. The molecule has 0 unspecified atom stereocenters. The Hall–Kier alpha value is -1.42. The Balaban J connectivity index is 2.01. The molecular formula is C12H16N4. The lowest BCUT2D eigenvalue weighted by Crippen LogP contribution is -2.27. The molecule has 16 heavy (non-hydrogen) atoms. The molecule has 3 rings (SSSR count). The Bertz CT molecular complexity index is 497. The maximum Gasteiger partial charge on any atom is 0.158 e. The van der Waals surface area contributed by atoms with Gasteiger partial charge in [0.25, 0.3) is 0 Å². The molecule has 1 saturated heterocycles. The van der Waals surface area contributed by atoms with Crippen LogP contribution in [0.3, 0.4) is 0 Å². The number of nitrogens with one attached hydrogen (secondary N) is 1. The summed E-state index contributed by atoms with van der Waals surface area (Å²) in [6.45, 7) is 4.24. The van der Waals surface area contributed by atoms with Gasteiger partial charge in [0.2, 0.25) is 0 Å². The Kier molecular flexibility index (Phi) is 2.36. The van der Waals surface area contributed by atoms with Crippen molar-refractivity contribution in [2.45, 2.75) is 25.7 Å². The third kappa shape index (κ3) is 1.59. The molecule has 0 radical (unpaired) electrons. The predicted molar refractivity (Wildman–Crippen MR) is 62.6 cm³/mol. The van der Waals surface area contributed by atoms with Gasteiger partial charge in [0, 0.05) is 12.1 Å². The molecule has 0 atom stereocenters. The topological polar surface area (TPSA) is 42.2 Å². The summed E-state index contributed by atoms with van der Waals surface area (Å²) < 4.78 is 1.90. The van der Waals surface area contributed by atoms with Gasteiger partial charge < -0.3 is 5.32 Å². The molecule has 1 fully saturated rings. The summed E-state index contributed by atoms with van der Waals surface area (Å²) in [5, 5.41) is 7.94. The summed E-state index contributed by atoms with van der Waals surface area (Å²) in [6, 6.07) is 4.10. The van der Waals surface area contributed by atoms with Gasteiger partial charge in [0.05, 0.1) is 0 Å². The molecule has 1 N–H and O–H groups in total. The SMILES string of the molecule is Cc1cccn2nc(C3CCNCC3)nc12. The average molecular weight is 216 g/mol. The molecule has 0 aromatic carbocycles. The standard InChI is InChI=1S/C12H16N4/c1-9-3-2-8-16-12(9)14-11(15-16)10-4-6-13-7-5-10/h2-3,8,10,13H,4-7H2,1H3. The Morgan fingerprint density at radius 3 is 2.94 bits per heavy atom. The van der Waals surface area contributed by atoms with Crippen molar-refractivity contribution in [3.63, 3.8) is 0 Å². The van der Waals surface area contributed by atoms with Gasteiger partial charge in [-0.1, -0.05) is 6.07 Å². The first kappa shape index (κ1) is 9.78. The Labute approximate surface area is 94.7 Å². The third-order valence-electron chi connectivity index (χ3n) is 3.28. The minimum atomic E-state index is 0.528. The monoisotopic (exact) mass is 216 g/mol. The van der Waals surface area contributed by atoms with Crippen LogP contribution in [0.4, 0.5) is 0 Å². The summed E-state index contributed by atoms with van der Waals surface area (Å²) in [5.41, 5.74) is 2.19. The zero-order valence-electron chi connectivity index (χ0n) is 9.48. The zero-order chi connectivity index (χ0) is 11.0. The lowest BCUT2D eigenvalue weighted by atomic mass is 9.98. The van der Waals surface area contributed by atoms with Crippen LogP contribution in [-0.2, 0) is 0 Å². The number of nitrogens with zero attached hydrogens (tertiary/aromatic N) is 3. The molecule has 4 heteroatoms. The van der Waals surface area contributed by atoms with E-state index in [1.165, 1.54) is 5.56 Å². The molecule has 1 aliphatic heterocycles. The smallest absolute Gasteiger partial charge is 0.158 e.